The fourth-order valence-electron chi connectivity index (χ4n) is 4.66. The van der Waals surface area contributed by atoms with Gasteiger partial charge in [0.1, 0.15) is 11.6 Å². The Kier molecular flexibility index (Phi) is 8.81. The summed E-state index contributed by atoms with van der Waals surface area (Å²) >= 11 is 0. The average molecular weight is 480 g/mol. The predicted octanol–water partition coefficient (Wildman–Crippen LogP) is 3.46. The second kappa shape index (κ2) is 12.4. The number of urea groups is 1. The molecular formula is C27H37N5O3. The van der Waals surface area contributed by atoms with E-state index in [1.165, 1.54) is 25.7 Å². The summed E-state index contributed by atoms with van der Waals surface area (Å²) in [7, 11) is 1.64. The van der Waals surface area contributed by atoms with Gasteiger partial charge in [0.15, 0.2) is 0 Å². The van der Waals surface area contributed by atoms with Crippen LogP contribution in [0.2, 0.25) is 0 Å². The number of hydrogen-bond donors (Lipinski definition) is 1. The summed E-state index contributed by atoms with van der Waals surface area (Å²) in [6.07, 6.45) is 8.08. The molecule has 8 heteroatoms. The molecule has 0 bridgehead atoms. The summed E-state index contributed by atoms with van der Waals surface area (Å²) in [5.74, 6) is 1.97. The summed E-state index contributed by atoms with van der Waals surface area (Å²) in [5.41, 5.74) is 2.11. The van der Waals surface area contributed by atoms with Gasteiger partial charge >= 0.3 is 6.03 Å². The second-order valence-corrected chi connectivity index (χ2v) is 9.30. The minimum absolute atomic E-state index is 0.0908. The molecule has 0 radical (unpaired) electrons. The van der Waals surface area contributed by atoms with Crippen LogP contribution >= 0.6 is 0 Å². The number of nitrogens with one attached hydrogen (secondary N) is 1. The van der Waals surface area contributed by atoms with Crippen molar-refractivity contribution in [1.29, 1.82) is 0 Å². The van der Waals surface area contributed by atoms with Gasteiger partial charge in [-0.15, -0.1) is 0 Å². The molecule has 8 nitrogen and oxygen atoms in total. The zero-order valence-electron chi connectivity index (χ0n) is 20.7. The number of carbonyl (C=O) groups is 2. The summed E-state index contributed by atoms with van der Waals surface area (Å²) in [6.45, 7) is 4.83. The molecule has 2 aromatic rings. The molecule has 2 fully saturated rings. The van der Waals surface area contributed by atoms with Crippen molar-refractivity contribution < 1.29 is 14.3 Å². The molecule has 0 atom stereocenters. The van der Waals surface area contributed by atoms with E-state index in [-0.39, 0.29) is 11.9 Å². The Labute approximate surface area is 208 Å². The summed E-state index contributed by atoms with van der Waals surface area (Å²) in [6, 6.07) is 11.8. The highest BCUT2D eigenvalue weighted by atomic mass is 16.5. The van der Waals surface area contributed by atoms with Crippen molar-refractivity contribution in [1.82, 2.24) is 20.1 Å². The molecule has 4 rings (SSSR count). The molecule has 35 heavy (non-hydrogen) atoms. The highest BCUT2D eigenvalue weighted by molar-refractivity contribution is 5.78. The molecule has 0 saturated carbocycles. The highest BCUT2D eigenvalue weighted by Crippen LogP contribution is 2.18. The van der Waals surface area contributed by atoms with Gasteiger partial charge in [-0.3, -0.25) is 4.79 Å². The number of hydrogen-bond acceptors (Lipinski definition) is 5. The normalized spacial score (nSPS) is 16.5. The van der Waals surface area contributed by atoms with E-state index in [9.17, 15) is 9.59 Å². The third-order valence-electron chi connectivity index (χ3n) is 6.89. The van der Waals surface area contributed by atoms with E-state index in [1.54, 1.807) is 12.0 Å². The number of ether oxygens (including phenoxy) is 1. The quantitative estimate of drug-likeness (QED) is 0.658. The molecule has 1 aromatic carbocycles. The van der Waals surface area contributed by atoms with Gasteiger partial charge in [0.25, 0.3) is 0 Å². The lowest BCUT2D eigenvalue weighted by Crippen LogP contribution is -2.53. The van der Waals surface area contributed by atoms with Crippen LogP contribution in [0.25, 0.3) is 0 Å². The van der Waals surface area contributed by atoms with Crippen molar-refractivity contribution in [2.24, 2.45) is 0 Å². The van der Waals surface area contributed by atoms with Crippen LogP contribution < -0.4 is 15.0 Å². The number of carbonyl (C=O) groups excluding carboxylic acids is 2. The van der Waals surface area contributed by atoms with Gasteiger partial charge in [-0.25, -0.2) is 9.78 Å². The molecule has 3 amide bonds. The molecule has 1 N–H and O–H groups in total. The van der Waals surface area contributed by atoms with Crippen molar-refractivity contribution in [3.05, 3.63) is 53.7 Å². The fourth-order valence-corrected chi connectivity index (χ4v) is 4.66. The van der Waals surface area contributed by atoms with Gasteiger partial charge in [0.05, 0.1) is 7.11 Å². The van der Waals surface area contributed by atoms with Crippen molar-refractivity contribution >= 4 is 17.8 Å². The van der Waals surface area contributed by atoms with Gasteiger partial charge in [0, 0.05) is 58.4 Å². The lowest BCUT2D eigenvalue weighted by Gasteiger charge is -2.34. The van der Waals surface area contributed by atoms with Crippen LogP contribution in [-0.4, -0.2) is 73.1 Å². The molecule has 2 saturated heterocycles. The topological polar surface area (TPSA) is 78.0 Å². The zero-order valence-corrected chi connectivity index (χ0v) is 20.7. The van der Waals surface area contributed by atoms with Gasteiger partial charge in [0.2, 0.25) is 5.91 Å². The number of piperazine rings is 1. The van der Waals surface area contributed by atoms with Crippen molar-refractivity contribution in [2.45, 2.75) is 45.1 Å². The largest absolute Gasteiger partial charge is 0.497 e. The molecule has 0 aliphatic carbocycles. The minimum Gasteiger partial charge on any atom is -0.497 e. The maximum absolute atomic E-state index is 12.6. The minimum atomic E-state index is -0.0908. The van der Waals surface area contributed by atoms with E-state index in [0.29, 0.717) is 45.6 Å². The number of benzene rings is 1. The second-order valence-electron chi connectivity index (χ2n) is 9.30. The standard InChI is InChI=1S/C27H37N5O3/c1-35-24-10-6-22(7-11-24)9-13-26(33)31-16-18-32(19-17-31)27(34)29-21-23-8-12-25(28-20-23)30-14-4-2-3-5-15-30/h6-8,10-12,20H,2-5,9,13-19,21H2,1H3,(H,29,34). The number of aromatic nitrogens is 1. The Morgan fingerprint density at radius 3 is 2.14 bits per heavy atom. The maximum Gasteiger partial charge on any atom is 0.317 e. The first-order valence-corrected chi connectivity index (χ1v) is 12.8. The highest BCUT2D eigenvalue weighted by Gasteiger charge is 2.23. The Morgan fingerprint density at radius 2 is 1.51 bits per heavy atom. The third kappa shape index (κ3) is 7.10. The molecule has 0 spiro atoms. The van der Waals surface area contributed by atoms with E-state index < -0.39 is 0 Å². The van der Waals surface area contributed by atoms with E-state index in [1.807, 2.05) is 41.4 Å². The first-order valence-electron chi connectivity index (χ1n) is 12.8. The first kappa shape index (κ1) is 24.8. The van der Waals surface area contributed by atoms with Crippen molar-refractivity contribution in [3.63, 3.8) is 0 Å². The monoisotopic (exact) mass is 479 g/mol. The number of nitrogens with zero attached hydrogens (tertiary/aromatic N) is 4. The van der Waals surface area contributed by atoms with Crippen LogP contribution in [0.4, 0.5) is 10.6 Å². The Bertz CT molecular complexity index is 948. The van der Waals surface area contributed by atoms with Gasteiger partial charge in [-0.2, -0.15) is 0 Å². The number of pyridine rings is 1. The number of amides is 3. The van der Waals surface area contributed by atoms with Crippen LogP contribution in [0.5, 0.6) is 5.75 Å². The Hall–Kier alpha value is -3.29. The number of aryl methyl sites for hydroxylation is 1. The fraction of sp³-hybridized carbons (Fsp3) is 0.519. The van der Waals surface area contributed by atoms with Crippen LogP contribution in [0.3, 0.4) is 0 Å². The lowest BCUT2D eigenvalue weighted by molar-refractivity contribution is -0.132. The van der Waals surface area contributed by atoms with E-state index in [4.69, 9.17) is 4.74 Å². The lowest BCUT2D eigenvalue weighted by atomic mass is 10.1. The molecular weight excluding hydrogens is 442 g/mol. The summed E-state index contributed by atoms with van der Waals surface area (Å²) < 4.78 is 5.18. The van der Waals surface area contributed by atoms with Gasteiger partial charge < -0.3 is 24.8 Å². The molecule has 0 unspecified atom stereocenters. The van der Waals surface area contributed by atoms with E-state index in [0.717, 1.165) is 35.8 Å². The van der Waals surface area contributed by atoms with Crippen molar-refractivity contribution in [2.75, 3.05) is 51.3 Å². The molecule has 3 heterocycles. The van der Waals surface area contributed by atoms with Gasteiger partial charge in [-0.05, 0) is 48.6 Å². The average Bonchev–Trinajstić information content (AvgIpc) is 3.21. The Balaban J connectivity index is 1.16. The molecule has 1 aromatic heterocycles. The molecule has 2 aliphatic heterocycles. The number of methoxy groups -OCH3 is 1. The zero-order chi connectivity index (χ0) is 24.5. The van der Waals surface area contributed by atoms with Gasteiger partial charge in [-0.1, -0.05) is 31.0 Å². The Morgan fingerprint density at radius 1 is 0.857 bits per heavy atom. The van der Waals surface area contributed by atoms with E-state index in [2.05, 4.69) is 21.3 Å². The van der Waals surface area contributed by atoms with Crippen LogP contribution in [-0.2, 0) is 17.8 Å². The van der Waals surface area contributed by atoms with Crippen LogP contribution in [0.15, 0.2) is 42.6 Å². The molecule has 2 aliphatic rings. The summed E-state index contributed by atoms with van der Waals surface area (Å²) in [4.78, 5) is 35.9. The van der Waals surface area contributed by atoms with E-state index >= 15 is 0 Å². The van der Waals surface area contributed by atoms with Crippen LogP contribution in [0, 0.1) is 0 Å². The summed E-state index contributed by atoms with van der Waals surface area (Å²) in [5, 5.41) is 3.00. The SMILES string of the molecule is COc1ccc(CCC(=O)N2CCN(C(=O)NCc3ccc(N4CCCCCC4)nc3)CC2)cc1. The first-order chi connectivity index (χ1) is 17.1. The molecule has 188 valence electrons. The maximum atomic E-state index is 12.6. The third-order valence-corrected chi connectivity index (χ3v) is 6.89. The number of anilines is 1. The predicted molar refractivity (Wildman–Crippen MR) is 137 cm³/mol. The number of rotatable bonds is 7. The smallest absolute Gasteiger partial charge is 0.317 e. The van der Waals surface area contributed by atoms with Crippen LogP contribution in [0.1, 0.15) is 43.2 Å². The van der Waals surface area contributed by atoms with Crippen molar-refractivity contribution in [3.8, 4) is 5.75 Å².